The lowest BCUT2D eigenvalue weighted by molar-refractivity contribution is -0.113. The van der Waals surface area contributed by atoms with Gasteiger partial charge in [0.25, 0.3) is 5.91 Å². The zero-order chi connectivity index (χ0) is 9.26. The minimum absolute atomic E-state index is 0. The lowest BCUT2D eigenvalue weighted by Gasteiger charge is -2.16. The van der Waals surface area contributed by atoms with Crippen molar-refractivity contribution in [2.45, 2.75) is 7.43 Å². The number of hydrogen-bond donors (Lipinski definition) is 0. The zero-order valence-electron chi connectivity index (χ0n) is 7.10. The third-order valence-electron chi connectivity index (χ3n) is 1.94. The normalized spacial score (nSPS) is 14.4. The summed E-state index contributed by atoms with van der Waals surface area (Å²) in [7, 11) is 0. The van der Waals surface area contributed by atoms with Gasteiger partial charge in [0.1, 0.15) is 0 Å². The van der Waals surface area contributed by atoms with Crippen LogP contribution in [0.15, 0.2) is 54.8 Å². The first-order chi connectivity index (χ1) is 6.29. The predicted molar refractivity (Wildman–Crippen MR) is 58.9 cm³/mol. The molecular weight excluding hydrogens is 174 g/mol. The van der Waals surface area contributed by atoms with Crippen LogP contribution in [0.1, 0.15) is 7.43 Å². The number of carbonyl (C=O) groups is 1. The monoisotopic (exact) mass is 187 g/mol. The fourth-order valence-corrected chi connectivity index (χ4v) is 1.33. The Bertz CT molecular complexity index is 361. The lowest BCUT2D eigenvalue weighted by atomic mass is 10.3. The number of allylic oxidation sites excluding steroid dienone is 1. The highest BCUT2D eigenvalue weighted by atomic mass is 16.2. The third-order valence-corrected chi connectivity index (χ3v) is 1.94. The number of rotatable bonds is 1. The molecule has 0 bridgehead atoms. The van der Waals surface area contributed by atoms with E-state index in [4.69, 9.17) is 0 Å². The van der Waals surface area contributed by atoms with E-state index >= 15 is 0 Å². The molecule has 0 saturated carbocycles. The van der Waals surface area contributed by atoms with Crippen molar-refractivity contribution in [3.63, 3.8) is 0 Å². The summed E-state index contributed by atoms with van der Waals surface area (Å²) in [6.07, 6.45) is 3.24. The molecular formula is C12H13NO. The molecule has 1 aromatic carbocycles. The van der Waals surface area contributed by atoms with Crippen LogP contribution in [0.4, 0.5) is 5.69 Å². The van der Waals surface area contributed by atoms with Crippen LogP contribution < -0.4 is 4.90 Å². The Kier molecular flexibility index (Phi) is 2.87. The van der Waals surface area contributed by atoms with Gasteiger partial charge in [-0.25, -0.2) is 0 Å². The molecule has 0 unspecified atom stereocenters. The van der Waals surface area contributed by atoms with Gasteiger partial charge in [-0.1, -0.05) is 32.2 Å². The largest absolute Gasteiger partial charge is 0.278 e. The summed E-state index contributed by atoms with van der Waals surface area (Å²) in [5.41, 5.74) is 1.58. The van der Waals surface area contributed by atoms with Crippen LogP contribution in [-0.2, 0) is 4.79 Å². The highest BCUT2D eigenvalue weighted by Gasteiger charge is 2.19. The number of para-hydroxylation sites is 1. The van der Waals surface area contributed by atoms with Gasteiger partial charge in [0.2, 0.25) is 0 Å². The van der Waals surface area contributed by atoms with Crippen LogP contribution in [0, 0.1) is 0 Å². The van der Waals surface area contributed by atoms with Gasteiger partial charge in [0, 0.05) is 17.5 Å². The fourth-order valence-electron chi connectivity index (χ4n) is 1.33. The number of nitrogens with zero attached hydrogens (tertiary/aromatic N) is 1. The lowest BCUT2D eigenvalue weighted by Crippen LogP contribution is -2.22. The number of benzene rings is 1. The second-order valence-corrected chi connectivity index (χ2v) is 2.83. The van der Waals surface area contributed by atoms with Crippen LogP contribution in [-0.4, -0.2) is 5.91 Å². The second-order valence-electron chi connectivity index (χ2n) is 2.83. The maximum Gasteiger partial charge on any atom is 0.255 e. The van der Waals surface area contributed by atoms with E-state index in [-0.39, 0.29) is 13.3 Å². The van der Waals surface area contributed by atoms with Gasteiger partial charge in [-0.2, -0.15) is 0 Å². The number of carbonyl (C=O) groups excluding carboxylic acids is 1. The Hall–Kier alpha value is -1.83. The summed E-state index contributed by atoms with van der Waals surface area (Å²) in [6.45, 7) is 3.78. The van der Waals surface area contributed by atoms with E-state index in [9.17, 15) is 4.79 Å². The van der Waals surface area contributed by atoms with Crippen molar-refractivity contribution in [1.82, 2.24) is 0 Å². The standard InChI is InChI=1S/C11H9NO.CH4/c1-9-7-8-11(13)12(9)10-5-3-2-4-6-10;/h2-8H,1H2;1H4. The van der Waals surface area contributed by atoms with Crippen molar-refractivity contribution in [3.05, 3.63) is 54.8 Å². The maximum atomic E-state index is 11.4. The van der Waals surface area contributed by atoms with E-state index < -0.39 is 0 Å². The molecule has 0 atom stereocenters. The molecule has 1 aromatic rings. The number of hydrogen-bond acceptors (Lipinski definition) is 1. The predicted octanol–water partition coefficient (Wildman–Crippen LogP) is 2.74. The van der Waals surface area contributed by atoms with E-state index in [1.807, 2.05) is 30.3 Å². The van der Waals surface area contributed by atoms with Crippen molar-refractivity contribution < 1.29 is 4.79 Å². The maximum absolute atomic E-state index is 11.4. The van der Waals surface area contributed by atoms with E-state index in [2.05, 4.69) is 6.58 Å². The molecule has 2 nitrogen and oxygen atoms in total. The quantitative estimate of drug-likeness (QED) is 0.662. The SMILES string of the molecule is C.C=C1C=CC(=O)N1c1ccccc1. The molecule has 1 aliphatic rings. The average molecular weight is 187 g/mol. The summed E-state index contributed by atoms with van der Waals surface area (Å²) in [5, 5.41) is 0. The van der Waals surface area contributed by atoms with Crippen molar-refractivity contribution >= 4 is 11.6 Å². The molecule has 0 spiro atoms. The summed E-state index contributed by atoms with van der Waals surface area (Å²) in [6, 6.07) is 9.48. The van der Waals surface area contributed by atoms with E-state index in [1.165, 1.54) is 6.08 Å². The van der Waals surface area contributed by atoms with Gasteiger partial charge in [-0.05, 0) is 18.2 Å². The molecule has 1 amide bonds. The summed E-state index contributed by atoms with van der Waals surface area (Å²) in [4.78, 5) is 12.9. The van der Waals surface area contributed by atoms with Crippen molar-refractivity contribution in [1.29, 1.82) is 0 Å². The van der Waals surface area contributed by atoms with E-state index in [0.29, 0.717) is 0 Å². The summed E-state index contributed by atoms with van der Waals surface area (Å²) >= 11 is 0. The Morgan fingerprint density at radius 3 is 2.21 bits per heavy atom. The topological polar surface area (TPSA) is 20.3 Å². The minimum atomic E-state index is -0.0313. The minimum Gasteiger partial charge on any atom is -0.278 e. The summed E-state index contributed by atoms with van der Waals surface area (Å²) in [5.74, 6) is -0.0313. The molecule has 72 valence electrons. The number of anilines is 1. The molecule has 2 heteroatoms. The van der Waals surface area contributed by atoms with Crippen LogP contribution in [0.3, 0.4) is 0 Å². The highest BCUT2D eigenvalue weighted by molar-refractivity contribution is 6.07. The molecule has 1 aliphatic heterocycles. The van der Waals surface area contributed by atoms with Gasteiger partial charge >= 0.3 is 0 Å². The highest BCUT2D eigenvalue weighted by Crippen LogP contribution is 2.22. The average Bonchev–Trinajstić information content (AvgIpc) is 2.48. The Labute approximate surface area is 84.2 Å². The molecule has 1 heterocycles. The van der Waals surface area contributed by atoms with Crippen molar-refractivity contribution in [3.8, 4) is 0 Å². The van der Waals surface area contributed by atoms with Crippen LogP contribution in [0.25, 0.3) is 0 Å². The second kappa shape index (κ2) is 3.92. The van der Waals surface area contributed by atoms with Crippen LogP contribution in [0.2, 0.25) is 0 Å². The summed E-state index contributed by atoms with van der Waals surface area (Å²) < 4.78 is 0. The molecule has 0 radical (unpaired) electrons. The first-order valence-corrected chi connectivity index (χ1v) is 4.05. The first kappa shape index (κ1) is 10.3. The van der Waals surface area contributed by atoms with Crippen molar-refractivity contribution in [2.24, 2.45) is 0 Å². The van der Waals surface area contributed by atoms with Gasteiger partial charge < -0.3 is 0 Å². The van der Waals surface area contributed by atoms with Gasteiger partial charge in [0.05, 0.1) is 0 Å². The first-order valence-electron chi connectivity index (χ1n) is 4.05. The van der Waals surface area contributed by atoms with E-state index in [1.54, 1.807) is 11.0 Å². The third kappa shape index (κ3) is 1.59. The number of amides is 1. The zero-order valence-corrected chi connectivity index (χ0v) is 7.10. The molecule has 0 fully saturated rings. The van der Waals surface area contributed by atoms with Gasteiger partial charge in [-0.15, -0.1) is 0 Å². The van der Waals surface area contributed by atoms with Crippen LogP contribution in [0.5, 0.6) is 0 Å². The molecule has 0 N–H and O–H groups in total. The van der Waals surface area contributed by atoms with Gasteiger partial charge in [0.15, 0.2) is 0 Å². The Balaban J connectivity index is 0.000000980. The van der Waals surface area contributed by atoms with Crippen LogP contribution >= 0.6 is 0 Å². The Morgan fingerprint density at radius 2 is 1.71 bits per heavy atom. The molecule has 0 saturated heterocycles. The molecule has 14 heavy (non-hydrogen) atoms. The molecule has 0 aliphatic carbocycles. The Morgan fingerprint density at radius 1 is 1.07 bits per heavy atom. The molecule has 2 rings (SSSR count). The smallest absolute Gasteiger partial charge is 0.255 e. The van der Waals surface area contributed by atoms with E-state index in [0.717, 1.165) is 11.4 Å². The molecule has 0 aromatic heterocycles. The fraction of sp³-hybridized carbons (Fsp3) is 0.0833. The van der Waals surface area contributed by atoms with Gasteiger partial charge in [-0.3, -0.25) is 9.69 Å². The van der Waals surface area contributed by atoms with Crippen molar-refractivity contribution in [2.75, 3.05) is 4.90 Å².